The summed E-state index contributed by atoms with van der Waals surface area (Å²) in [6, 6.07) is 7.66. The molecular weight excluding hydrogens is 302 g/mol. The highest BCUT2D eigenvalue weighted by Gasteiger charge is 2.46. The Morgan fingerprint density at radius 3 is 2.88 bits per heavy atom. The van der Waals surface area contributed by atoms with E-state index in [4.69, 9.17) is 4.74 Å². The van der Waals surface area contributed by atoms with Crippen molar-refractivity contribution in [2.75, 3.05) is 20.2 Å². The molecule has 2 atom stereocenters. The molecule has 0 unspecified atom stereocenters. The van der Waals surface area contributed by atoms with Crippen molar-refractivity contribution in [2.45, 2.75) is 38.2 Å². The summed E-state index contributed by atoms with van der Waals surface area (Å²) in [5, 5.41) is 0. The number of para-hydroxylation sites is 2. The van der Waals surface area contributed by atoms with E-state index >= 15 is 0 Å². The van der Waals surface area contributed by atoms with Gasteiger partial charge in [-0.1, -0.05) is 18.6 Å². The van der Waals surface area contributed by atoms with Crippen LogP contribution in [0.25, 0.3) is 11.0 Å². The van der Waals surface area contributed by atoms with Crippen LogP contribution in [-0.4, -0.2) is 47.1 Å². The van der Waals surface area contributed by atoms with Crippen LogP contribution < -0.4 is 0 Å². The second-order valence-corrected chi connectivity index (χ2v) is 7.05. The van der Waals surface area contributed by atoms with Crippen molar-refractivity contribution in [3.05, 3.63) is 36.2 Å². The van der Waals surface area contributed by atoms with Crippen molar-refractivity contribution in [1.82, 2.24) is 14.9 Å². The highest BCUT2D eigenvalue weighted by Crippen LogP contribution is 2.46. The van der Waals surface area contributed by atoms with Crippen molar-refractivity contribution in [2.24, 2.45) is 5.41 Å². The number of nitrogens with zero attached hydrogens (tertiary/aromatic N) is 3. The second kappa shape index (κ2) is 6.13. The topological polar surface area (TPSA) is 55.3 Å². The Labute approximate surface area is 142 Å². The molecule has 126 valence electrons. The van der Waals surface area contributed by atoms with E-state index in [1.807, 2.05) is 29.2 Å². The third-order valence-corrected chi connectivity index (χ3v) is 5.67. The number of carbonyl (C=O) groups is 1. The largest absolute Gasteiger partial charge is 0.381 e. The summed E-state index contributed by atoms with van der Waals surface area (Å²) >= 11 is 0. The lowest BCUT2D eigenvalue weighted by atomic mass is 9.76. The number of benzene rings is 1. The summed E-state index contributed by atoms with van der Waals surface area (Å²) < 4.78 is 5.73. The fraction of sp³-hybridized carbons (Fsp3) is 0.526. The minimum atomic E-state index is -0.00548. The van der Waals surface area contributed by atoms with Gasteiger partial charge < -0.3 is 9.64 Å². The molecule has 5 heteroatoms. The fourth-order valence-corrected chi connectivity index (χ4v) is 4.50. The minimum absolute atomic E-state index is 0.00548. The van der Waals surface area contributed by atoms with Gasteiger partial charge in [-0.05, 0) is 37.8 Å². The highest BCUT2D eigenvalue weighted by atomic mass is 16.5. The van der Waals surface area contributed by atoms with Gasteiger partial charge in [0.1, 0.15) is 5.69 Å². The SMILES string of the molecule is CO[C@@H]1CCC[C@@]12CCCN(C(=O)c1cnc3ccccc3n1)C2. The molecule has 24 heavy (non-hydrogen) atoms. The van der Waals surface area contributed by atoms with Gasteiger partial charge in [0.05, 0.1) is 23.3 Å². The Balaban J connectivity index is 1.59. The zero-order valence-corrected chi connectivity index (χ0v) is 14.1. The number of hydrogen-bond acceptors (Lipinski definition) is 4. The molecule has 1 aliphatic heterocycles. The highest BCUT2D eigenvalue weighted by molar-refractivity contribution is 5.93. The maximum absolute atomic E-state index is 13.0. The van der Waals surface area contributed by atoms with Gasteiger partial charge >= 0.3 is 0 Å². The predicted molar refractivity (Wildman–Crippen MR) is 91.8 cm³/mol. The summed E-state index contributed by atoms with van der Waals surface area (Å²) in [5.41, 5.74) is 2.16. The number of piperidine rings is 1. The first kappa shape index (κ1) is 15.5. The minimum Gasteiger partial charge on any atom is -0.381 e. The smallest absolute Gasteiger partial charge is 0.274 e. The third kappa shape index (κ3) is 2.57. The van der Waals surface area contributed by atoms with E-state index in [2.05, 4.69) is 9.97 Å². The van der Waals surface area contributed by atoms with Crippen LogP contribution in [0.1, 0.15) is 42.6 Å². The average Bonchev–Trinajstić information content (AvgIpc) is 3.02. The van der Waals surface area contributed by atoms with E-state index in [-0.39, 0.29) is 17.4 Å². The molecule has 0 N–H and O–H groups in total. The van der Waals surface area contributed by atoms with Crippen LogP contribution >= 0.6 is 0 Å². The van der Waals surface area contributed by atoms with Crippen LogP contribution in [0.5, 0.6) is 0 Å². The zero-order chi connectivity index (χ0) is 16.6. The predicted octanol–water partition coefficient (Wildman–Crippen LogP) is 3.05. The maximum Gasteiger partial charge on any atom is 0.274 e. The Morgan fingerprint density at radius 1 is 1.25 bits per heavy atom. The molecular formula is C19H23N3O2. The summed E-state index contributed by atoms with van der Waals surface area (Å²) in [5.74, 6) is -0.00548. The maximum atomic E-state index is 13.0. The standard InChI is InChI=1S/C19H23N3O2/c1-24-17-8-4-9-19(17)10-5-11-22(13-19)18(23)16-12-20-14-6-2-3-7-15(14)21-16/h2-3,6-7,12,17H,4-5,8-11,13H2,1H3/t17-,19+/m1/s1. The van der Waals surface area contributed by atoms with Gasteiger partial charge in [-0.2, -0.15) is 0 Å². The average molecular weight is 325 g/mol. The molecule has 1 aromatic carbocycles. The first-order valence-corrected chi connectivity index (χ1v) is 8.76. The van der Waals surface area contributed by atoms with Gasteiger partial charge in [0.25, 0.3) is 5.91 Å². The number of methoxy groups -OCH3 is 1. The quantitative estimate of drug-likeness (QED) is 0.851. The van der Waals surface area contributed by atoms with Crippen molar-refractivity contribution in [3.8, 4) is 0 Å². The second-order valence-electron chi connectivity index (χ2n) is 7.05. The number of rotatable bonds is 2. The Morgan fingerprint density at radius 2 is 2.04 bits per heavy atom. The third-order valence-electron chi connectivity index (χ3n) is 5.67. The number of likely N-dealkylation sites (tertiary alicyclic amines) is 1. The Bertz CT molecular complexity index is 763. The number of hydrogen-bond donors (Lipinski definition) is 0. The first-order chi connectivity index (χ1) is 11.7. The molecule has 2 heterocycles. The number of ether oxygens (including phenoxy) is 1. The summed E-state index contributed by atoms with van der Waals surface area (Å²) in [6.45, 7) is 1.57. The molecule has 1 saturated heterocycles. The van der Waals surface area contributed by atoms with E-state index in [0.29, 0.717) is 5.69 Å². The van der Waals surface area contributed by atoms with Crippen LogP contribution in [-0.2, 0) is 4.74 Å². The lowest BCUT2D eigenvalue weighted by Crippen LogP contribution is -2.50. The number of amides is 1. The number of carbonyl (C=O) groups excluding carboxylic acids is 1. The van der Waals surface area contributed by atoms with Gasteiger partial charge in [-0.3, -0.25) is 9.78 Å². The Kier molecular flexibility index (Phi) is 3.96. The number of fused-ring (bicyclic) bond motifs is 1. The molecule has 0 radical (unpaired) electrons. The van der Waals surface area contributed by atoms with Gasteiger partial charge in [0.2, 0.25) is 0 Å². The summed E-state index contributed by atoms with van der Waals surface area (Å²) in [6.07, 6.45) is 7.51. The molecule has 1 amide bonds. The van der Waals surface area contributed by atoms with Crippen LogP contribution in [0, 0.1) is 5.41 Å². The van der Waals surface area contributed by atoms with Crippen molar-refractivity contribution in [3.63, 3.8) is 0 Å². The van der Waals surface area contributed by atoms with Crippen LogP contribution in [0.15, 0.2) is 30.5 Å². The van der Waals surface area contributed by atoms with E-state index in [0.717, 1.165) is 49.8 Å². The monoisotopic (exact) mass is 325 g/mol. The summed E-state index contributed by atoms with van der Waals surface area (Å²) in [4.78, 5) is 23.8. The van der Waals surface area contributed by atoms with Crippen molar-refractivity contribution >= 4 is 16.9 Å². The molecule has 4 rings (SSSR count). The molecule has 1 saturated carbocycles. The van der Waals surface area contributed by atoms with Gasteiger partial charge in [-0.25, -0.2) is 4.98 Å². The molecule has 1 spiro atoms. The number of aromatic nitrogens is 2. The van der Waals surface area contributed by atoms with Gasteiger partial charge in [0, 0.05) is 25.6 Å². The normalized spacial score (nSPS) is 27.0. The molecule has 1 aromatic heterocycles. The van der Waals surface area contributed by atoms with Crippen molar-refractivity contribution in [1.29, 1.82) is 0 Å². The van der Waals surface area contributed by atoms with E-state index in [1.165, 1.54) is 6.42 Å². The first-order valence-electron chi connectivity index (χ1n) is 8.76. The molecule has 0 bridgehead atoms. The van der Waals surface area contributed by atoms with Crippen LogP contribution in [0.2, 0.25) is 0 Å². The van der Waals surface area contributed by atoms with Gasteiger partial charge in [0.15, 0.2) is 0 Å². The molecule has 5 nitrogen and oxygen atoms in total. The fourth-order valence-electron chi connectivity index (χ4n) is 4.50. The molecule has 2 aliphatic rings. The van der Waals surface area contributed by atoms with E-state index in [9.17, 15) is 4.79 Å². The van der Waals surface area contributed by atoms with Crippen LogP contribution in [0.4, 0.5) is 0 Å². The van der Waals surface area contributed by atoms with Crippen molar-refractivity contribution < 1.29 is 9.53 Å². The zero-order valence-electron chi connectivity index (χ0n) is 14.1. The van der Waals surface area contributed by atoms with Crippen LogP contribution in [0.3, 0.4) is 0 Å². The molecule has 2 fully saturated rings. The lowest BCUT2D eigenvalue weighted by Gasteiger charge is -2.43. The molecule has 2 aromatic rings. The summed E-state index contributed by atoms with van der Waals surface area (Å²) in [7, 11) is 1.80. The lowest BCUT2D eigenvalue weighted by molar-refractivity contribution is -0.0296. The molecule has 1 aliphatic carbocycles. The van der Waals surface area contributed by atoms with E-state index in [1.54, 1.807) is 13.3 Å². The van der Waals surface area contributed by atoms with E-state index < -0.39 is 0 Å². The van der Waals surface area contributed by atoms with Gasteiger partial charge in [-0.15, -0.1) is 0 Å². The Hall–Kier alpha value is -2.01.